The molecule has 3 aliphatic rings. The number of carbonyl (C=O) groups excluding carboxylic acids is 3. The predicted molar refractivity (Wildman–Crippen MR) is 139 cm³/mol. The molecular weight excluding hydrogens is 460 g/mol. The number of hydrogen-bond acceptors (Lipinski definition) is 6. The number of nitrogens with zero attached hydrogens (tertiary/aromatic N) is 1. The van der Waals surface area contributed by atoms with E-state index in [0.717, 1.165) is 59.0 Å². The van der Waals surface area contributed by atoms with Gasteiger partial charge in [-0.2, -0.15) is 0 Å². The second kappa shape index (κ2) is 12.5. The van der Waals surface area contributed by atoms with Crippen LogP contribution < -0.4 is 5.32 Å². The molecular formula is C28H40N2O4S. The van der Waals surface area contributed by atoms with Crippen molar-refractivity contribution in [2.24, 2.45) is 23.7 Å². The highest BCUT2D eigenvalue weighted by atomic mass is 32.2. The summed E-state index contributed by atoms with van der Waals surface area (Å²) >= 11 is 1.70. The van der Waals surface area contributed by atoms with E-state index in [1.165, 1.54) is 25.7 Å². The first kappa shape index (κ1) is 26.4. The molecule has 1 N–H and O–H groups in total. The van der Waals surface area contributed by atoms with E-state index in [1.807, 2.05) is 18.2 Å². The van der Waals surface area contributed by atoms with E-state index in [0.29, 0.717) is 37.8 Å². The summed E-state index contributed by atoms with van der Waals surface area (Å²) in [5.41, 5.74) is 1.65. The van der Waals surface area contributed by atoms with Gasteiger partial charge >= 0.3 is 0 Å². The number of amides is 1. The van der Waals surface area contributed by atoms with Crippen LogP contribution in [-0.2, 0) is 20.9 Å². The summed E-state index contributed by atoms with van der Waals surface area (Å²) in [6.07, 6.45) is 7.77. The van der Waals surface area contributed by atoms with Gasteiger partial charge in [0, 0.05) is 41.8 Å². The fraction of sp³-hybridized carbons (Fsp3) is 0.679. The van der Waals surface area contributed by atoms with E-state index in [4.69, 9.17) is 4.74 Å². The molecule has 6 atom stereocenters. The Morgan fingerprint density at radius 1 is 1.17 bits per heavy atom. The van der Waals surface area contributed by atoms with Crippen molar-refractivity contribution < 1.29 is 19.1 Å². The Morgan fingerprint density at radius 3 is 2.83 bits per heavy atom. The zero-order chi connectivity index (χ0) is 24.8. The monoisotopic (exact) mass is 500 g/mol. The highest BCUT2D eigenvalue weighted by Crippen LogP contribution is 2.44. The third-order valence-corrected chi connectivity index (χ3v) is 9.17. The molecule has 7 heteroatoms. The number of hydrogen-bond donors (Lipinski definition) is 1. The van der Waals surface area contributed by atoms with Gasteiger partial charge in [-0.15, -0.1) is 11.8 Å². The molecule has 0 spiro atoms. The van der Waals surface area contributed by atoms with Crippen LogP contribution >= 0.6 is 11.8 Å². The van der Waals surface area contributed by atoms with Crippen molar-refractivity contribution in [3.8, 4) is 0 Å². The van der Waals surface area contributed by atoms with Crippen molar-refractivity contribution in [1.29, 1.82) is 0 Å². The van der Waals surface area contributed by atoms with Gasteiger partial charge in [0.2, 0.25) is 0 Å². The second-order valence-corrected chi connectivity index (χ2v) is 11.9. The molecule has 1 heterocycles. The molecule has 0 radical (unpaired) electrons. The standard InChI is InChI=1S/C28H40N2O4S/c1-19-13-21-15-20(2)27(22(14-19)16-21)29-8-10-34-11-12-35-26-7-3-6-24-25(26)17-30(28(24)33)23(18-32)5-4-9-31/h3,6-7,9,18-23,27,29H,4-5,8,10-17H2,1-2H3. The Balaban J connectivity index is 1.19. The van der Waals surface area contributed by atoms with Crippen LogP contribution in [0.15, 0.2) is 23.1 Å². The zero-order valence-electron chi connectivity index (χ0n) is 21.1. The van der Waals surface area contributed by atoms with E-state index in [-0.39, 0.29) is 12.3 Å². The predicted octanol–water partition coefficient (Wildman–Crippen LogP) is 4.35. The molecule has 192 valence electrons. The maximum Gasteiger partial charge on any atom is 0.255 e. The van der Waals surface area contributed by atoms with Crippen LogP contribution in [0.5, 0.6) is 0 Å². The van der Waals surface area contributed by atoms with Crippen molar-refractivity contribution in [3.05, 3.63) is 29.3 Å². The fourth-order valence-corrected chi connectivity index (χ4v) is 7.61. The lowest BCUT2D eigenvalue weighted by Crippen LogP contribution is -2.49. The van der Waals surface area contributed by atoms with E-state index >= 15 is 0 Å². The van der Waals surface area contributed by atoms with Crippen LogP contribution in [0.3, 0.4) is 0 Å². The molecule has 1 aromatic rings. The Bertz CT molecular complexity index is 890. The average Bonchev–Trinajstić information content (AvgIpc) is 3.17. The largest absolute Gasteiger partial charge is 0.379 e. The van der Waals surface area contributed by atoms with Crippen LogP contribution in [0, 0.1) is 23.7 Å². The molecule has 2 aliphatic carbocycles. The van der Waals surface area contributed by atoms with Gasteiger partial charge in [-0.25, -0.2) is 0 Å². The van der Waals surface area contributed by atoms with Gasteiger partial charge in [-0.1, -0.05) is 19.9 Å². The molecule has 2 bridgehead atoms. The average molecular weight is 501 g/mol. The van der Waals surface area contributed by atoms with Crippen LogP contribution in [0.1, 0.15) is 68.3 Å². The molecule has 35 heavy (non-hydrogen) atoms. The third-order valence-electron chi connectivity index (χ3n) is 8.11. The number of nitrogens with one attached hydrogen (secondary N) is 1. The van der Waals surface area contributed by atoms with Crippen molar-refractivity contribution in [2.75, 3.05) is 25.5 Å². The minimum atomic E-state index is -0.552. The first-order chi connectivity index (χ1) is 17.0. The first-order valence-electron chi connectivity index (χ1n) is 13.3. The van der Waals surface area contributed by atoms with Crippen LogP contribution in [-0.4, -0.2) is 61.0 Å². The third kappa shape index (κ3) is 6.36. The first-order valence-corrected chi connectivity index (χ1v) is 14.3. The van der Waals surface area contributed by atoms with Gasteiger partial charge in [-0.3, -0.25) is 4.79 Å². The Hall–Kier alpha value is -1.70. The fourth-order valence-electron chi connectivity index (χ4n) is 6.67. The Morgan fingerprint density at radius 2 is 2.03 bits per heavy atom. The molecule has 0 aromatic heterocycles. The molecule has 1 aliphatic heterocycles. The van der Waals surface area contributed by atoms with Crippen LogP contribution in [0.4, 0.5) is 0 Å². The van der Waals surface area contributed by atoms with E-state index in [2.05, 4.69) is 19.2 Å². The maximum atomic E-state index is 12.8. The normalized spacial score (nSPS) is 28.6. The van der Waals surface area contributed by atoms with E-state index in [1.54, 1.807) is 16.7 Å². The van der Waals surface area contributed by atoms with E-state index < -0.39 is 6.04 Å². The summed E-state index contributed by atoms with van der Waals surface area (Å²) in [5.74, 6) is 4.07. The van der Waals surface area contributed by atoms with Crippen LogP contribution in [0.25, 0.3) is 0 Å². The topological polar surface area (TPSA) is 75.7 Å². The van der Waals surface area contributed by atoms with Crippen molar-refractivity contribution >= 4 is 30.2 Å². The lowest BCUT2D eigenvalue weighted by Gasteiger charge is -2.46. The molecule has 6 unspecified atom stereocenters. The number of carbonyl (C=O) groups is 3. The number of benzene rings is 1. The Kier molecular flexibility index (Phi) is 9.42. The number of fused-ring (bicyclic) bond motifs is 3. The molecule has 2 fully saturated rings. The van der Waals surface area contributed by atoms with Crippen molar-refractivity contribution in [2.45, 2.75) is 75.9 Å². The van der Waals surface area contributed by atoms with Gasteiger partial charge in [0.25, 0.3) is 5.91 Å². The van der Waals surface area contributed by atoms with Gasteiger partial charge < -0.3 is 24.5 Å². The molecule has 0 saturated heterocycles. The van der Waals surface area contributed by atoms with Gasteiger partial charge in [0.1, 0.15) is 12.6 Å². The van der Waals surface area contributed by atoms with E-state index in [9.17, 15) is 14.4 Å². The molecule has 1 amide bonds. The minimum Gasteiger partial charge on any atom is -0.379 e. The summed E-state index contributed by atoms with van der Waals surface area (Å²) in [5, 5.41) is 3.81. The van der Waals surface area contributed by atoms with Gasteiger partial charge in [0.05, 0.1) is 19.3 Å². The maximum absolute atomic E-state index is 12.8. The molecule has 1 aromatic carbocycles. The smallest absolute Gasteiger partial charge is 0.255 e. The summed E-state index contributed by atoms with van der Waals surface area (Å²) in [4.78, 5) is 37.7. The van der Waals surface area contributed by atoms with Crippen LogP contribution in [0.2, 0.25) is 0 Å². The molecule has 6 nitrogen and oxygen atoms in total. The SMILES string of the molecule is CC1CC2CC(C)C(NCCOCCSc3cccc4c3CN(C(C=O)CCC=O)C4=O)C(C1)C2. The quantitative estimate of drug-likeness (QED) is 0.247. The van der Waals surface area contributed by atoms with Crippen molar-refractivity contribution in [1.82, 2.24) is 10.2 Å². The number of thioether (sulfide) groups is 1. The summed E-state index contributed by atoms with van der Waals surface area (Å²) in [7, 11) is 0. The summed E-state index contributed by atoms with van der Waals surface area (Å²) in [6, 6.07) is 5.83. The molecule has 2 saturated carbocycles. The van der Waals surface area contributed by atoms with Crippen molar-refractivity contribution in [3.63, 3.8) is 0 Å². The molecule has 4 rings (SSSR count). The second-order valence-electron chi connectivity index (χ2n) is 10.8. The number of aldehydes is 2. The highest BCUT2D eigenvalue weighted by molar-refractivity contribution is 7.99. The summed E-state index contributed by atoms with van der Waals surface area (Å²) in [6.45, 7) is 7.52. The number of rotatable bonds is 13. The highest BCUT2D eigenvalue weighted by Gasteiger charge is 2.39. The minimum absolute atomic E-state index is 0.122. The number of ether oxygens (including phenoxy) is 1. The lowest BCUT2D eigenvalue weighted by atomic mass is 9.63. The zero-order valence-corrected chi connectivity index (χ0v) is 21.9. The Labute approximate surface area is 213 Å². The van der Waals surface area contributed by atoms with Gasteiger partial charge in [0.15, 0.2) is 0 Å². The lowest BCUT2D eigenvalue weighted by molar-refractivity contribution is -0.112. The van der Waals surface area contributed by atoms with Gasteiger partial charge in [-0.05, 0) is 73.5 Å². The summed E-state index contributed by atoms with van der Waals surface area (Å²) < 4.78 is 5.93.